The maximum absolute atomic E-state index is 12.4. The summed E-state index contributed by atoms with van der Waals surface area (Å²) in [7, 11) is -3.42. The third-order valence-corrected chi connectivity index (χ3v) is 4.80. The van der Waals surface area contributed by atoms with Crippen LogP contribution in [0.15, 0.2) is 24.3 Å². The Labute approximate surface area is 121 Å². The van der Waals surface area contributed by atoms with E-state index in [1.54, 1.807) is 10.4 Å². The molecule has 0 amide bonds. The van der Waals surface area contributed by atoms with E-state index in [-0.39, 0.29) is 12.0 Å². The lowest BCUT2D eigenvalue weighted by molar-refractivity contribution is 0.388. The minimum absolute atomic E-state index is 0.126. The molecule has 1 aliphatic rings. The molecule has 0 heterocycles. The van der Waals surface area contributed by atoms with Gasteiger partial charge in [0.2, 0.25) is 0 Å². The lowest BCUT2D eigenvalue weighted by Crippen LogP contribution is -2.42. The monoisotopic (exact) mass is 297 g/mol. The van der Waals surface area contributed by atoms with Gasteiger partial charge in [-0.15, -0.1) is 0 Å². The molecule has 20 heavy (non-hydrogen) atoms. The number of hydrogen-bond acceptors (Lipinski definition) is 3. The van der Waals surface area contributed by atoms with Crippen molar-refractivity contribution in [2.24, 2.45) is 5.92 Å². The normalized spacial score (nSPS) is 16.0. The Bertz CT molecular complexity index is 553. The van der Waals surface area contributed by atoms with Crippen molar-refractivity contribution in [1.82, 2.24) is 9.03 Å². The smallest absolute Gasteiger partial charge is 0.280 e. The quantitative estimate of drug-likeness (QED) is 0.753. The fourth-order valence-electron chi connectivity index (χ4n) is 2.00. The van der Waals surface area contributed by atoms with E-state index in [1.165, 1.54) is 0 Å². The Morgan fingerprint density at radius 2 is 2.10 bits per heavy atom. The molecule has 0 aromatic heterocycles. The SMILES string of the molecule is CC(C)CNS(=O)(=O)N(Cc1cccc(N)c1)C1CC1. The summed E-state index contributed by atoms with van der Waals surface area (Å²) in [5.74, 6) is 0.290. The molecule has 3 N–H and O–H groups in total. The van der Waals surface area contributed by atoms with Gasteiger partial charge in [-0.2, -0.15) is 12.7 Å². The van der Waals surface area contributed by atoms with Gasteiger partial charge in [0.25, 0.3) is 10.2 Å². The van der Waals surface area contributed by atoms with Gasteiger partial charge < -0.3 is 5.73 Å². The van der Waals surface area contributed by atoms with E-state index < -0.39 is 10.2 Å². The molecular weight excluding hydrogens is 274 g/mol. The van der Waals surface area contributed by atoms with Crippen LogP contribution < -0.4 is 10.5 Å². The highest BCUT2D eigenvalue weighted by molar-refractivity contribution is 7.87. The molecule has 0 saturated heterocycles. The van der Waals surface area contributed by atoms with E-state index in [9.17, 15) is 8.42 Å². The Balaban J connectivity index is 2.11. The molecule has 1 aliphatic carbocycles. The zero-order chi connectivity index (χ0) is 14.8. The molecule has 1 saturated carbocycles. The lowest BCUT2D eigenvalue weighted by atomic mass is 10.2. The number of nitrogens with two attached hydrogens (primary N) is 1. The van der Waals surface area contributed by atoms with Gasteiger partial charge in [0.05, 0.1) is 0 Å². The maximum Gasteiger partial charge on any atom is 0.280 e. The average Bonchev–Trinajstić information content (AvgIpc) is 3.18. The van der Waals surface area contributed by atoms with Crippen molar-refractivity contribution in [2.45, 2.75) is 39.3 Å². The number of anilines is 1. The Kier molecular flexibility index (Phi) is 4.67. The van der Waals surface area contributed by atoms with E-state index in [0.29, 0.717) is 18.8 Å². The second-order valence-electron chi connectivity index (χ2n) is 5.77. The van der Waals surface area contributed by atoms with Crippen molar-refractivity contribution in [1.29, 1.82) is 0 Å². The van der Waals surface area contributed by atoms with Crippen molar-refractivity contribution in [3.63, 3.8) is 0 Å². The van der Waals surface area contributed by atoms with Crippen molar-refractivity contribution >= 4 is 15.9 Å². The van der Waals surface area contributed by atoms with Crippen molar-refractivity contribution < 1.29 is 8.42 Å². The van der Waals surface area contributed by atoms with E-state index in [4.69, 9.17) is 5.73 Å². The summed E-state index contributed by atoms with van der Waals surface area (Å²) < 4.78 is 29.0. The highest BCUT2D eigenvalue weighted by Gasteiger charge is 2.37. The minimum Gasteiger partial charge on any atom is -0.399 e. The molecule has 0 aliphatic heterocycles. The second kappa shape index (κ2) is 6.11. The molecule has 0 atom stereocenters. The van der Waals surface area contributed by atoms with Crippen LogP contribution in [0, 0.1) is 5.92 Å². The van der Waals surface area contributed by atoms with Crippen LogP contribution in [0.4, 0.5) is 5.69 Å². The topological polar surface area (TPSA) is 75.4 Å². The summed E-state index contributed by atoms with van der Waals surface area (Å²) in [5, 5.41) is 0. The number of nitrogen functional groups attached to an aromatic ring is 1. The first-order valence-electron chi connectivity index (χ1n) is 6.99. The largest absolute Gasteiger partial charge is 0.399 e. The first kappa shape index (κ1) is 15.3. The highest BCUT2D eigenvalue weighted by atomic mass is 32.2. The highest BCUT2D eigenvalue weighted by Crippen LogP contribution is 2.30. The number of nitrogens with zero attached hydrogens (tertiary/aromatic N) is 1. The lowest BCUT2D eigenvalue weighted by Gasteiger charge is -2.23. The first-order valence-corrected chi connectivity index (χ1v) is 8.43. The molecular formula is C14H23N3O2S. The van der Waals surface area contributed by atoms with Crippen molar-refractivity contribution in [2.75, 3.05) is 12.3 Å². The second-order valence-corrected chi connectivity index (χ2v) is 7.48. The van der Waals surface area contributed by atoms with Gasteiger partial charge in [-0.25, -0.2) is 4.72 Å². The third-order valence-electron chi connectivity index (χ3n) is 3.23. The van der Waals surface area contributed by atoms with E-state index in [1.807, 2.05) is 32.0 Å². The molecule has 1 aromatic carbocycles. The molecule has 1 aromatic rings. The van der Waals surface area contributed by atoms with Crippen LogP contribution >= 0.6 is 0 Å². The zero-order valence-corrected chi connectivity index (χ0v) is 12.9. The van der Waals surface area contributed by atoms with Crippen LogP contribution in [-0.2, 0) is 16.8 Å². The Morgan fingerprint density at radius 3 is 2.65 bits per heavy atom. The van der Waals surface area contributed by atoms with E-state index in [2.05, 4.69) is 4.72 Å². The molecule has 0 bridgehead atoms. The van der Waals surface area contributed by atoms with Gasteiger partial charge in [-0.05, 0) is 36.5 Å². The number of benzene rings is 1. The molecule has 5 nitrogen and oxygen atoms in total. The zero-order valence-electron chi connectivity index (χ0n) is 12.0. The van der Waals surface area contributed by atoms with Crippen molar-refractivity contribution in [3.05, 3.63) is 29.8 Å². The number of hydrogen-bond donors (Lipinski definition) is 2. The van der Waals surface area contributed by atoms with Gasteiger partial charge >= 0.3 is 0 Å². The van der Waals surface area contributed by atoms with Gasteiger partial charge in [0.15, 0.2) is 0 Å². The Morgan fingerprint density at radius 1 is 1.40 bits per heavy atom. The van der Waals surface area contributed by atoms with Crippen molar-refractivity contribution in [3.8, 4) is 0 Å². The van der Waals surface area contributed by atoms with Crippen LogP contribution in [0.2, 0.25) is 0 Å². The fraction of sp³-hybridized carbons (Fsp3) is 0.571. The van der Waals surface area contributed by atoms with Gasteiger partial charge in [0, 0.05) is 24.8 Å². The van der Waals surface area contributed by atoms with Gasteiger partial charge in [-0.1, -0.05) is 26.0 Å². The van der Waals surface area contributed by atoms with E-state index >= 15 is 0 Å². The average molecular weight is 297 g/mol. The predicted octanol–water partition coefficient (Wildman–Crippen LogP) is 1.72. The molecule has 6 heteroatoms. The van der Waals surface area contributed by atoms with Gasteiger partial charge in [0.1, 0.15) is 0 Å². The predicted molar refractivity (Wildman–Crippen MR) is 81.2 cm³/mol. The molecule has 0 radical (unpaired) electrons. The van der Waals surface area contributed by atoms with Crippen LogP contribution in [0.3, 0.4) is 0 Å². The summed E-state index contributed by atoms with van der Waals surface area (Å²) in [6, 6.07) is 7.51. The summed E-state index contributed by atoms with van der Waals surface area (Å²) >= 11 is 0. The first-order chi connectivity index (χ1) is 9.38. The third kappa shape index (κ3) is 4.19. The van der Waals surface area contributed by atoms with Crippen LogP contribution in [0.5, 0.6) is 0 Å². The molecule has 0 unspecified atom stereocenters. The summed E-state index contributed by atoms with van der Waals surface area (Å²) in [6.07, 6.45) is 1.87. The van der Waals surface area contributed by atoms with E-state index in [0.717, 1.165) is 18.4 Å². The molecule has 0 spiro atoms. The standard InChI is InChI=1S/C14H23N3O2S/c1-11(2)9-16-20(18,19)17(14-6-7-14)10-12-4-3-5-13(15)8-12/h3-5,8,11,14,16H,6-7,9-10,15H2,1-2H3. The van der Waals surface area contributed by atoms with Crippen LogP contribution in [-0.4, -0.2) is 25.3 Å². The maximum atomic E-state index is 12.4. The number of nitrogens with one attached hydrogen (secondary N) is 1. The summed E-state index contributed by atoms with van der Waals surface area (Å²) in [5.41, 5.74) is 7.33. The van der Waals surface area contributed by atoms with Crippen LogP contribution in [0.25, 0.3) is 0 Å². The molecule has 2 rings (SSSR count). The molecule has 1 fully saturated rings. The number of rotatable bonds is 7. The fourth-order valence-corrected chi connectivity index (χ4v) is 3.63. The minimum atomic E-state index is -3.42. The summed E-state index contributed by atoms with van der Waals surface area (Å²) in [6.45, 7) is 4.81. The summed E-state index contributed by atoms with van der Waals surface area (Å²) in [4.78, 5) is 0. The Hall–Kier alpha value is -1.11. The molecule has 112 valence electrons. The van der Waals surface area contributed by atoms with Crippen LogP contribution in [0.1, 0.15) is 32.3 Å². The van der Waals surface area contributed by atoms with Gasteiger partial charge in [-0.3, -0.25) is 0 Å².